The van der Waals surface area contributed by atoms with Crippen molar-refractivity contribution >= 4 is 45.9 Å². The summed E-state index contributed by atoms with van der Waals surface area (Å²) in [7, 11) is -1.64. The molecule has 0 unspecified atom stereocenters. The smallest absolute Gasteiger partial charge is 1.00 e. The Morgan fingerprint density at radius 3 is 2.12 bits per heavy atom. The summed E-state index contributed by atoms with van der Waals surface area (Å²) in [6, 6.07) is 11.5. The maximum Gasteiger partial charge on any atom is 2.00 e. The van der Waals surface area contributed by atoms with Gasteiger partial charge in [-0.2, -0.15) is 30.3 Å². The van der Waals surface area contributed by atoms with Crippen LogP contribution in [0.2, 0.25) is 32.7 Å². The van der Waals surface area contributed by atoms with E-state index in [1.54, 1.807) is 0 Å². The molecule has 0 aromatic heterocycles. The van der Waals surface area contributed by atoms with Crippen molar-refractivity contribution < 1.29 is 12.4 Å². The van der Waals surface area contributed by atoms with Gasteiger partial charge in [0, 0.05) is 0 Å². The number of nitrogens with zero attached hydrogens (tertiary/aromatic N) is 1. The minimum absolute atomic E-state index is 0. The van der Waals surface area contributed by atoms with Crippen LogP contribution >= 0.6 is 0 Å². The van der Waals surface area contributed by atoms with Crippen LogP contribution in [0.4, 0.5) is 5.69 Å². The monoisotopic (exact) mass is 280 g/mol. The van der Waals surface area contributed by atoms with Gasteiger partial charge in [-0.15, -0.1) is 0 Å². The van der Waals surface area contributed by atoms with Gasteiger partial charge in [0.2, 0.25) is 0 Å². The van der Waals surface area contributed by atoms with Gasteiger partial charge in [-0.25, -0.2) is 0 Å². The van der Waals surface area contributed by atoms with Crippen molar-refractivity contribution in [1.82, 2.24) is 0 Å². The van der Waals surface area contributed by atoms with E-state index in [-0.39, 0.29) is 35.5 Å². The zero-order chi connectivity index (χ0) is 10.8. The van der Waals surface area contributed by atoms with Crippen molar-refractivity contribution in [3.63, 3.8) is 0 Å². The van der Waals surface area contributed by atoms with Gasteiger partial charge < -0.3 is 16.6 Å². The molecular weight excluding hydrogens is 262 g/mol. The van der Waals surface area contributed by atoms with E-state index in [0.717, 1.165) is 0 Å². The normalized spacial score (nSPS) is 10.4. The predicted molar refractivity (Wildman–Crippen MR) is 74.3 cm³/mol. The standard InChI is InChI=1S/C11H19NSi2.ClH.Mg/c1-13(2)12(14(3,4)5)11-9-7-6-8-10-11;;/h6-7,9-10H,1-5H3;1H;/q-1;;+2/p-1. The molecule has 0 heterocycles. The van der Waals surface area contributed by atoms with E-state index in [0.29, 0.717) is 0 Å². The summed E-state index contributed by atoms with van der Waals surface area (Å²) in [5, 5.41) is 0. The molecule has 1 rings (SSSR count). The maximum absolute atomic E-state index is 3.17. The van der Waals surface area contributed by atoms with Crippen molar-refractivity contribution in [2.45, 2.75) is 32.7 Å². The Labute approximate surface area is 125 Å². The van der Waals surface area contributed by atoms with E-state index >= 15 is 0 Å². The van der Waals surface area contributed by atoms with Crippen LogP contribution in [0.5, 0.6) is 0 Å². The van der Waals surface area contributed by atoms with Crippen molar-refractivity contribution in [1.29, 1.82) is 0 Å². The van der Waals surface area contributed by atoms with Gasteiger partial charge in [-0.1, -0.05) is 38.4 Å². The Morgan fingerprint density at radius 2 is 1.81 bits per heavy atom. The molecule has 0 N–H and O–H groups in total. The number of halogens is 1. The van der Waals surface area contributed by atoms with Crippen molar-refractivity contribution in [2.24, 2.45) is 0 Å². The van der Waals surface area contributed by atoms with Gasteiger partial charge in [-0.3, -0.25) is 0 Å². The van der Waals surface area contributed by atoms with E-state index in [2.05, 4.69) is 61.2 Å². The number of hydrogen-bond acceptors (Lipinski definition) is 1. The van der Waals surface area contributed by atoms with Gasteiger partial charge >= 0.3 is 23.1 Å². The molecule has 0 spiro atoms. The zero-order valence-electron chi connectivity index (χ0n) is 10.8. The first-order valence-electron chi connectivity index (χ1n) is 4.99. The maximum atomic E-state index is 3.17. The summed E-state index contributed by atoms with van der Waals surface area (Å²) < 4.78 is 2.65. The van der Waals surface area contributed by atoms with E-state index in [9.17, 15) is 0 Å². The first-order valence-corrected chi connectivity index (χ1v) is 10.9. The molecule has 0 bridgehead atoms. The van der Waals surface area contributed by atoms with Gasteiger partial charge in [0.25, 0.3) is 0 Å². The van der Waals surface area contributed by atoms with Gasteiger partial charge in [0.15, 0.2) is 0 Å². The Morgan fingerprint density at radius 1 is 1.25 bits per heavy atom. The van der Waals surface area contributed by atoms with Crippen LogP contribution in [0.1, 0.15) is 0 Å². The molecule has 1 aromatic rings. The molecule has 1 radical (unpaired) electrons. The molecule has 85 valence electrons. The number of benzene rings is 1. The molecule has 0 fully saturated rings. The second kappa shape index (κ2) is 7.76. The average molecular weight is 281 g/mol. The Hall–Kier alpha value is 0.510. The molecule has 1 aromatic carbocycles. The molecule has 1 nitrogen and oxygen atoms in total. The van der Waals surface area contributed by atoms with Gasteiger partial charge in [0.05, 0.1) is 0 Å². The van der Waals surface area contributed by atoms with Gasteiger partial charge in [-0.05, 0) is 0 Å². The molecule has 0 aliphatic rings. The van der Waals surface area contributed by atoms with Gasteiger partial charge in [0.1, 0.15) is 17.2 Å². The quantitative estimate of drug-likeness (QED) is 0.557. The number of hydrogen-bond donors (Lipinski definition) is 0. The van der Waals surface area contributed by atoms with E-state index in [4.69, 9.17) is 0 Å². The Balaban J connectivity index is 0. The minimum Gasteiger partial charge on any atom is -1.00 e. The summed E-state index contributed by atoms with van der Waals surface area (Å²) in [4.78, 5) is 0. The molecule has 0 saturated heterocycles. The number of anilines is 1. The minimum atomic E-state index is -1.23. The summed E-state index contributed by atoms with van der Waals surface area (Å²) >= 11 is 0. The summed E-state index contributed by atoms with van der Waals surface area (Å²) in [5.74, 6) is 0. The van der Waals surface area contributed by atoms with E-state index in [1.165, 1.54) is 5.69 Å². The zero-order valence-corrected chi connectivity index (χ0v) is 15.0. The first kappa shape index (κ1) is 18.9. The van der Waals surface area contributed by atoms with Crippen LogP contribution in [-0.4, -0.2) is 40.2 Å². The Kier molecular flexibility index (Phi) is 9.15. The van der Waals surface area contributed by atoms with Crippen LogP contribution < -0.4 is 16.6 Å². The molecule has 0 saturated carbocycles. The Bertz CT molecular complexity index is 288. The third-order valence-electron chi connectivity index (χ3n) is 2.07. The molecule has 16 heavy (non-hydrogen) atoms. The van der Waals surface area contributed by atoms with Crippen LogP contribution in [0.25, 0.3) is 0 Å². The van der Waals surface area contributed by atoms with E-state index in [1.807, 2.05) is 6.07 Å². The molecule has 0 aliphatic heterocycles. The van der Waals surface area contributed by atoms with Crippen LogP contribution in [0, 0.1) is 6.07 Å². The summed E-state index contributed by atoms with van der Waals surface area (Å²) in [6.45, 7) is 11.9. The molecular formula is C11H19ClMgNSi2. The third-order valence-corrected chi connectivity index (χ3v) is 8.17. The number of rotatable bonds is 3. The van der Waals surface area contributed by atoms with E-state index < -0.39 is 17.2 Å². The summed E-state index contributed by atoms with van der Waals surface area (Å²) in [6.07, 6.45) is 0. The molecule has 0 aliphatic carbocycles. The SMILES string of the molecule is C[Si](C)N(c1c[c-]ccc1)[Si](C)(C)C.[Cl-].[Mg+2]. The summed E-state index contributed by atoms with van der Waals surface area (Å²) in [5.41, 5.74) is 1.35. The van der Waals surface area contributed by atoms with Crippen LogP contribution in [0.15, 0.2) is 24.3 Å². The van der Waals surface area contributed by atoms with Crippen molar-refractivity contribution in [3.05, 3.63) is 30.3 Å². The predicted octanol–water partition coefficient (Wildman–Crippen LogP) is 0.00239. The fourth-order valence-corrected chi connectivity index (χ4v) is 8.77. The fourth-order valence-electron chi connectivity index (χ4n) is 1.84. The second-order valence-corrected chi connectivity index (χ2v) is 12.3. The van der Waals surface area contributed by atoms with Crippen molar-refractivity contribution in [2.75, 3.05) is 4.23 Å². The topological polar surface area (TPSA) is 3.24 Å². The molecule has 0 atom stereocenters. The first-order chi connectivity index (χ1) is 6.43. The second-order valence-electron chi connectivity index (χ2n) is 4.72. The van der Waals surface area contributed by atoms with Crippen LogP contribution in [0.3, 0.4) is 0 Å². The largest absolute Gasteiger partial charge is 2.00 e. The van der Waals surface area contributed by atoms with Crippen molar-refractivity contribution in [3.8, 4) is 0 Å². The fraction of sp³-hybridized carbons (Fsp3) is 0.455. The molecule has 5 heteroatoms. The average Bonchev–Trinajstić information content (AvgIpc) is 2.02. The third kappa shape index (κ3) is 5.23. The van der Waals surface area contributed by atoms with Crippen LogP contribution in [-0.2, 0) is 0 Å². The molecule has 0 amide bonds.